The summed E-state index contributed by atoms with van der Waals surface area (Å²) in [6.07, 6.45) is 8.04. The van der Waals surface area contributed by atoms with Crippen LogP contribution >= 0.6 is 0 Å². The third-order valence-electron chi connectivity index (χ3n) is 5.72. The second-order valence-corrected chi connectivity index (χ2v) is 7.99. The van der Waals surface area contributed by atoms with Crippen LogP contribution in [0.3, 0.4) is 0 Å². The van der Waals surface area contributed by atoms with E-state index in [1.807, 2.05) is 29.0 Å². The molecule has 1 aliphatic rings. The van der Waals surface area contributed by atoms with Gasteiger partial charge in [-0.15, -0.1) is 0 Å². The number of aryl methyl sites for hydroxylation is 1. The lowest BCUT2D eigenvalue weighted by Crippen LogP contribution is -2.34. The van der Waals surface area contributed by atoms with Gasteiger partial charge in [0, 0.05) is 43.2 Å². The van der Waals surface area contributed by atoms with Crippen LogP contribution in [-0.2, 0) is 6.54 Å². The average molecular weight is 383 g/mol. The lowest BCUT2D eigenvalue weighted by molar-refractivity contribution is 0.196. The Kier molecular flexibility index (Phi) is 4.82. The molecule has 0 radical (unpaired) electrons. The average Bonchev–Trinajstić information content (AvgIpc) is 3.18. The lowest BCUT2D eigenvalue weighted by atomic mass is 9.97. The quantitative estimate of drug-likeness (QED) is 0.521. The molecule has 1 atom stereocenters. The highest BCUT2D eigenvalue weighted by atomic mass is 15.3. The summed E-state index contributed by atoms with van der Waals surface area (Å²) in [6.45, 7) is 5.31. The maximum absolute atomic E-state index is 4.84. The zero-order chi connectivity index (χ0) is 19.6. The van der Waals surface area contributed by atoms with Gasteiger partial charge in [0.1, 0.15) is 0 Å². The van der Waals surface area contributed by atoms with Crippen molar-refractivity contribution < 1.29 is 0 Å². The summed E-state index contributed by atoms with van der Waals surface area (Å²) in [5.41, 5.74) is 5.88. The third kappa shape index (κ3) is 3.91. The first-order valence-corrected chi connectivity index (χ1v) is 10.3. The molecule has 0 amide bonds. The van der Waals surface area contributed by atoms with Crippen molar-refractivity contribution in [1.29, 1.82) is 0 Å². The molecule has 5 heteroatoms. The van der Waals surface area contributed by atoms with E-state index in [1.165, 1.54) is 17.5 Å². The van der Waals surface area contributed by atoms with Crippen LogP contribution in [0, 0.1) is 6.92 Å². The number of fused-ring (bicyclic) bond motifs is 1. The molecule has 3 aromatic heterocycles. The molecule has 0 unspecified atom stereocenters. The predicted octanol–water partition coefficient (Wildman–Crippen LogP) is 4.48. The molecule has 1 fully saturated rings. The maximum Gasteiger partial charge on any atom is 0.156 e. The Hall–Kier alpha value is -3.05. The van der Waals surface area contributed by atoms with E-state index in [9.17, 15) is 0 Å². The van der Waals surface area contributed by atoms with Crippen molar-refractivity contribution in [2.75, 3.05) is 13.1 Å². The van der Waals surface area contributed by atoms with E-state index in [-0.39, 0.29) is 0 Å². The minimum Gasteiger partial charge on any atom is -0.298 e. The van der Waals surface area contributed by atoms with E-state index in [4.69, 9.17) is 10.1 Å². The summed E-state index contributed by atoms with van der Waals surface area (Å²) in [5.74, 6) is 1.35. The Morgan fingerprint density at radius 1 is 1.03 bits per heavy atom. The molecule has 0 bridgehead atoms. The SMILES string of the molecule is Cc1cccc(CN2CCC[C@@H](c3nc4ccc(-c5ccncc5)cn4n3)C2)c1. The van der Waals surface area contributed by atoms with Crippen molar-refractivity contribution in [3.63, 3.8) is 0 Å². The van der Waals surface area contributed by atoms with Crippen molar-refractivity contribution in [3.8, 4) is 11.1 Å². The standard InChI is InChI=1S/C24H25N5/c1-18-4-2-5-19(14-18)15-28-13-3-6-22(16-28)24-26-23-8-7-21(17-29(23)27-24)20-9-11-25-12-10-20/h2,4-5,7-12,14,17,22H,3,6,13,15-16H2,1H3/t22-/m1/s1. The topological polar surface area (TPSA) is 46.3 Å². The number of nitrogens with zero attached hydrogens (tertiary/aromatic N) is 5. The second kappa shape index (κ2) is 7.76. The zero-order valence-electron chi connectivity index (χ0n) is 16.7. The minimum absolute atomic E-state index is 0.387. The fourth-order valence-electron chi connectivity index (χ4n) is 4.27. The van der Waals surface area contributed by atoms with E-state index < -0.39 is 0 Å². The smallest absolute Gasteiger partial charge is 0.156 e. The van der Waals surface area contributed by atoms with Crippen LogP contribution in [0.4, 0.5) is 0 Å². The molecule has 4 heterocycles. The van der Waals surface area contributed by atoms with Gasteiger partial charge in [0.05, 0.1) is 0 Å². The predicted molar refractivity (Wildman–Crippen MR) is 115 cm³/mol. The molecule has 0 saturated carbocycles. The van der Waals surface area contributed by atoms with Gasteiger partial charge in [-0.1, -0.05) is 29.8 Å². The number of piperidine rings is 1. The van der Waals surface area contributed by atoms with E-state index in [1.54, 1.807) is 0 Å². The fourth-order valence-corrected chi connectivity index (χ4v) is 4.27. The first kappa shape index (κ1) is 18.0. The molecule has 0 spiro atoms. The number of pyridine rings is 2. The number of likely N-dealkylation sites (tertiary alicyclic amines) is 1. The van der Waals surface area contributed by atoms with E-state index in [2.05, 4.69) is 59.4 Å². The Morgan fingerprint density at radius 2 is 1.93 bits per heavy atom. The van der Waals surface area contributed by atoms with Crippen LogP contribution in [0.2, 0.25) is 0 Å². The van der Waals surface area contributed by atoms with Gasteiger partial charge >= 0.3 is 0 Å². The second-order valence-electron chi connectivity index (χ2n) is 7.99. The highest BCUT2D eigenvalue weighted by Gasteiger charge is 2.24. The van der Waals surface area contributed by atoms with Gasteiger partial charge in [-0.25, -0.2) is 9.50 Å². The zero-order valence-corrected chi connectivity index (χ0v) is 16.7. The van der Waals surface area contributed by atoms with Gasteiger partial charge in [0.25, 0.3) is 0 Å². The van der Waals surface area contributed by atoms with Crippen LogP contribution < -0.4 is 0 Å². The van der Waals surface area contributed by atoms with Gasteiger partial charge in [0.2, 0.25) is 0 Å². The van der Waals surface area contributed by atoms with Crippen LogP contribution in [0.15, 0.2) is 67.1 Å². The molecule has 4 aromatic rings. The van der Waals surface area contributed by atoms with Gasteiger partial charge in [0.15, 0.2) is 11.5 Å². The Labute approximate surface area is 171 Å². The number of benzene rings is 1. The monoisotopic (exact) mass is 383 g/mol. The van der Waals surface area contributed by atoms with Crippen molar-refractivity contribution in [2.24, 2.45) is 0 Å². The summed E-state index contributed by atoms with van der Waals surface area (Å²) < 4.78 is 1.92. The molecule has 1 aliphatic heterocycles. The van der Waals surface area contributed by atoms with Gasteiger partial charge in [-0.3, -0.25) is 9.88 Å². The number of aromatic nitrogens is 4. The number of hydrogen-bond acceptors (Lipinski definition) is 4. The highest BCUT2D eigenvalue weighted by Crippen LogP contribution is 2.27. The molecule has 0 aliphatic carbocycles. The number of rotatable bonds is 4. The van der Waals surface area contributed by atoms with Crippen LogP contribution in [0.25, 0.3) is 16.8 Å². The van der Waals surface area contributed by atoms with Crippen molar-refractivity contribution in [3.05, 3.63) is 84.1 Å². The molecule has 5 nitrogen and oxygen atoms in total. The molecule has 29 heavy (non-hydrogen) atoms. The third-order valence-corrected chi connectivity index (χ3v) is 5.72. The lowest BCUT2D eigenvalue weighted by Gasteiger charge is -2.31. The summed E-state index contributed by atoms with van der Waals surface area (Å²) >= 11 is 0. The minimum atomic E-state index is 0.387. The molecule has 146 valence electrons. The number of hydrogen-bond donors (Lipinski definition) is 0. The van der Waals surface area contributed by atoms with Crippen molar-refractivity contribution >= 4 is 5.65 Å². The van der Waals surface area contributed by atoms with Crippen molar-refractivity contribution in [1.82, 2.24) is 24.5 Å². The summed E-state index contributed by atoms with van der Waals surface area (Å²) in [5, 5.41) is 4.84. The summed E-state index contributed by atoms with van der Waals surface area (Å²) in [4.78, 5) is 11.5. The Morgan fingerprint density at radius 3 is 2.79 bits per heavy atom. The van der Waals surface area contributed by atoms with Gasteiger partial charge in [-0.05, 0) is 61.7 Å². The molecule has 5 rings (SSSR count). The molecule has 1 aromatic carbocycles. The summed E-state index contributed by atoms with van der Waals surface area (Å²) in [7, 11) is 0. The van der Waals surface area contributed by atoms with E-state index in [0.29, 0.717) is 5.92 Å². The van der Waals surface area contributed by atoms with Crippen LogP contribution in [-0.4, -0.2) is 37.6 Å². The Bertz CT molecular complexity index is 1120. The van der Waals surface area contributed by atoms with Gasteiger partial charge in [-0.2, -0.15) is 5.10 Å². The normalized spacial score (nSPS) is 17.6. The van der Waals surface area contributed by atoms with Crippen LogP contribution in [0.1, 0.15) is 35.7 Å². The largest absolute Gasteiger partial charge is 0.298 e. The van der Waals surface area contributed by atoms with Gasteiger partial charge < -0.3 is 0 Å². The first-order valence-electron chi connectivity index (χ1n) is 10.3. The van der Waals surface area contributed by atoms with Crippen LogP contribution in [0.5, 0.6) is 0 Å². The molecule has 0 N–H and O–H groups in total. The van der Waals surface area contributed by atoms with E-state index in [0.717, 1.165) is 48.7 Å². The first-order chi connectivity index (χ1) is 14.2. The fraction of sp³-hybridized carbons (Fsp3) is 0.292. The van der Waals surface area contributed by atoms with E-state index >= 15 is 0 Å². The highest BCUT2D eigenvalue weighted by molar-refractivity contribution is 5.63. The molecule has 1 saturated heterocycles. The maximum atomic E-state index is 4.84. The Balaban J connectivity index is 1.35. The molecular formula is C24H25N5. The molecular weight excluding hydrogens is 358 g/mol. The summed E-state index contributed by atoms with van der Waals surface area (Å²) in [6, 6.07) is 17.0. The van der Waals surface area contributed by atoms with Crippen molar-refractivity contribution in [2.45, 2.75) is 32.2 Å².